The molecular weight excluding hydrogens is 172 g/mol. The zero-order valence-corrected chi connectivity index (χ0v) is 9.84. The fourth-order valence-corrected chi connectivity index (χ4v) is 1.26. The average Bonchev–Trinajstić information content (AvgIpc) is 2.02. The maximum Gasteiger partial charge on any atom is 0.160 e. The smallest absolute Gasteiger partial charge is 0.160 e. The van der Waals surface area contributed by atoms with Crippen LogP contribution in [0.3, 0.4) is 0 Å². The number of rotatable bonds is 6. The lowest BCUT2D eigenvalue weighted by Crippen LogP contribution is -1.92. The predicted octanol–water partition coefficient (Wildman–Crippen LogP) is 3.75. The number of carbonyl (C=O) groups excluding carboxylic acids is 1. The molecule has 1 nitrogen and oxygen atoms in total. The van der Waals surface area contributed by atoms with E-state index < -0.39 is 0 Å². The van der Waals surface area contributed by atoms with Gasteiger partial charge in [-0.15, -0.1) is 5.73 Å². The highest BCUT2D eigenvalue weighted by Crippen LogP contribution is 2.12. The van der Waals surface area contributed by atoms with Gasteiger partial charge in [0, 0.05) is 6.08 Å². The van der Waals surface area contributed by atoms with E-state index in [1.54, 1.807) is 6.92 Å². The summed E-state index contributed by atoms with van der Waals surface area (Å²) in [5.74, 6) is 1.39. The quantitative estimate of drug-likeness (QED) is 0.465. The highest BCUT2D eigenvalue weighted by molar-refractivity contribution is 5.86. The molecule has 0 spiro atoms. The van der Waals surface area contributed by atoms with E-state index in [-0.39, 0.29) is 5.78 Å². The molecule has 80 valence electrons. The largest absolute Gasteiger partial charge is 0.294 e. The first-order chi connectivity index (χ1) is 6.52. The number of hydrogen-bond acceptors (Lipinski definition) is 1. The minimum atomic E-state index is 0.0654. The van der Waals surface area contributed by atoms with Crippen LogP contribution in [-0.4, -0.2) is 5.78 Å². The molecule has 0 amide bonds. The van der Waals surface area contributed by atoms with Gasteiger partial charge < -0.3 is 0 Å². The van der Waals surface area contributed by atoms with Crippen molar-refractivity contribution in [3.63, 3.8) is 0 Å². The minimum Gasteiger partial charge on any atom is -0.294 e. The summed E-state index contributed by atoms with van der Waals surface area (Å²) in [6, 6.07) is 0. The molecule has 1 heteroatoms. The van der Waals surface area contributed by atoms with Crippen LogP contribution in [0.4, 0.5) is 0 Å². The summed E-state index contributed by atoms with van der Waals surface area (Å²) in [6.45, 7) is 8.21. The van der Waals surface area contributed by atoms with Crippen LogP contribution in [0.25, 0.3) is 0 Å². The molecule has 0 aliphatic carbocycles. The molecule has 0 radical (unpaired) electrons. The summed E-state index contributed by atoms with van der Waals surface area (Å²) in [5, 5.41) is 0. The molecule has 14 heavy (non-hydrogen) atoms. The van der Waals surface area contributed by atoms with E-state index in [0.717, 1.165) is 5.92 Å². The minimum absolute atomic E-state index is 0.0654. The standard InChI is InChI=1S/C13H22O/c1-11(2)7-5-8-12(3)9-6-10-13(4)14/h9-12H,5,7-8H2,1-4H3. The Hall–Kier alpha value is -0.810. The highest BCUT2D eigenvalue weighted by atomic mass is 16.1. The van der Waals surface area contributed by atoms with Crippen molar-refractivity contribution in [3.8, 4) is 0 Å². The molecule has 0 aromatic carbocycles. The number of hydrogen-bond donors (Lipinski definition) is 0. The van der Waals surface area contributed by atoms with Gasteiger partial charge in [-0.25, -0.2) is 0 Å². The van der Waals surface area contributed by atoms with E-state index >= 15 is 0 Å². The summed E-state index contributed by atoms with van der Waals surface area (Å²) in [6.07, 6.45) is 7.23. The first-order valence-electron chi connectivity index (χ1n) is 5.45. The highest BCUT2D eigenvalue weighted by Gasteiger charge is 1.98. The van der Waals surface area contributed by atoms with Gasteiger partial charge >= 0.3 is 0 Å². The van der Waals surface area contributed by atoms with Gasteiger partial charge in [-0.1, -0.05) is 33.6 Å². The van der Waals surface area contributed by atoms with E-state index in [0.29, 0.717) is 5.92 Å². The third-order valence-corrected chi connectivity index (χ3v) is 2.11. The van der Waals surface area contributed by atoms with Crippen molar-refractivity contribution >= 4 is 5.78 Å². The molecule has 0 fully saturated rings. The molecule has 0 saturated heterocycles. The van der Waals surface area contributed by atoms with Gasteiger partial charge in [-0.2, -0.15) is 0 Å². The summed E-state index contributed by atoms with van der Waals surface area (Å²) < 4.78 is 0. The fourth-order valence-electron chi connectivity index (χ4n) is 1.26. The van der Waals surface area contributed by atoms with Crippen molar-refractivity contribution in [2.75, 3.05) is 0 Å². The van der Waals surface area contributed by atoms with Crippen LogP contribution in [-0.2, 0) is 4.79 Å². The molecule has 0 aliphatic heterocycles. The van der Waals surface area contributed by atoms with Crippen LogP contribution in [0.2, 0.25) is 0 Å². The lowest BCUT2D eigenvalue weighted by Gasteiger charge is -2.06. The van der Waals surface area contributed by atoms with Crippen molar-refractivity contribution in [2.24, 2.45) is 11.8 Å². The van der Waals surface area contributed by atoms with Gasteiger partial charge in [0.25, 0.3) is 0 Å². The van der Waals surface area contributed by atoms with Gasteiger partial charge in [0.05, 0.1) is 0 Å². The third kappa shape index (κ3) is 9.28. The first-order valence-corrected chi connectivity index (χ1v) is 5.45. The Labute approximate surface area is 87.9 Å². The lowest BCUT2D eigenvalue weighted by molar-refractivity contribution is -0.112. The Kier molecular flexibility index (Phi) is 7.14. The average molecular weight is 194 g/mol. The molecule has 0 bridgehead atoms. The Morgan fingerprint density at radius 1 is 1.29 bits per heavy atom. The molecule has 1 atom stereocenters. The van der Waals surface area contributed by atoms with Crippen molar-refractivity contribution in [3.05, 3.63) is 17.9 Å². The van der Waals surface area contributed by atoms with E-state index in [1.807, 2.05) is 6.08 Å². The van der Waals surface area contributed by atoms with Crippen LogP contribution in [0.1, 0.15) is 47.0 Å². The van der Waals surface area contributed by atoms with Gasteiger partial charge in [0.2, 0.25) is 0 Å². The van der Waals surface area contributed by atoms with E-state index in [2.05, 4.69) is 26.5 Å². The molecule has 0 aliphatic rings. The molecule has 0 aromatic heterocycles. The van der Waals surface area contributed by atoms with Crippen molar-refractivity contribution in [2.45, 2.75) is 47.0 Å². The Bertz CT molecular complexity index is 219. The van der Waals surface area contributed by atoms with Gasteiger partial charge in [-0.3, -0.25) is 4.79 Å². The molecule has 1 unspecified atom stereocenters. The fraction of sp³-hybridized carbons (Fsp3) is 0.692. The van der Waals surface area contributed by atoms with Crippen molar-refractivity contribution in [1.29, 1.82) is 0 Å². The summed E-state index contributed by atoms with van der Waals surface area (Å²) in [7, 11) is 0. The Morgan fingerprint density at radius 2 is 1.93 bits per heavy atom. The second-order valence-electron chi connectivity index (χ2n) is 4.39. The van der Waals surface area contributed by atoms with E-state index in [9.17, 15) is 4.79 Å². The van der Waals surface area contributed by atoms with Crippen LogP contribution < -0.4 is 0 Å². The second kappa shape index (κ2) is 7.58. The van der Waals surface area contributed by atoms with Gasteiger partial charge in [0.15, 0.2) is 5.78 Å². The van der Waals surface area contributed by atoms with Crippen LogP contribution in [0.15, 0.2) is 17.9 Å². The summed E-state index contributed by atoms with van der Waals surface area (Å²) in [4.78, 5) is 10.6. The Morgan fingerprint density at radius 3 is 2.43 bits per heavy atom. The molecule has 0 heterocycles. The molecular formula is C13H22O. The zero-order valence-electron chi connectivity index (χ0n) is 9.84. The summed E-state index contributed by atoms with van der Waals surface area (Å²) >= 11 is 0. The normalized spacial score (nSPS) is 12.1. The molecule has 0 rings (SSSR count). The zero-order chi connectivity index (χ0) is 11.0. The monoisotopic (exact) mass is 194 g/mol. The van der Waals surface area contributed by atoms with E-state index in [1.165, 1.54) is 25.3 Å². The lowest BCUT2D eigenvalue weighted by atomic mass is 10.00. The SMILES string of the molecule is CC(=O)C=C=CC(C)CCCC(C)C. The molecule has 0 N–H and O–H groups in total. The third-order valence-electron chi connectivity index (χ3n) is 2.11. The van der Waals surface area contributed by atoms with Crippen LogP contribution in [0, 0.1) is 11.8 Å². The predicted molar refractivity (Wildman–Crippen MR) is 61.2 cm³/mol. The van der Waals surface area contributed by atoms with Crippen LogP contribution in [0.5, 0.6) is 0 Å². The molecule has 0 saturated carbocycles. The van der Waals surface area contributed by atoms with Crippen molar-refractivity contribution < 1.29 is 4.79 Å². The second-order valence-corrected chi connectivity index (χ2v) is 4.39. The topological polar surface area (TPSA) is 17.1 Å². The first kappa shape index (κ1) is 13.2. The van der Waals surface area contributed by atoms with Crippen molar-refractivity contribution in [1.82, 2.24) is 0 Å². The maximum absolute atomic E-state index is 10.6. The van der Waals surface area contributed by atoms with Gasteiger partial charge in [0.1, 0.15) is 0 Å². The summed E-state index contributed by atoms with van der Waals surface area (Å²) in [5.41, 5.74) is 2.92. The van der Waals surface area contributed by atoms with Crippen LogP contribution >= 0.6 is 0 Å². The molecule has 0 aromatic rings. The number of allylic oxidation sites excluding steroid dienone is 1. The van der Waals surface area contributed by atoms with Gasteiger partial charge in [-0.05, 0) is 31.3 Å². The number of ketones is 1. The maximum atomic E-state index is 10.6. The Balaban J connectivity index is 3.70. The van der Waals surface area contributed by atoms with E-state index in [4.69, 9.17) is 0 Å². The number of carbonyl (C=O) groups is 1.